The number of carbonyl (C=O) groups excluding carboxylic acids is 1. The summed E-state index contributed by atoms with van der Waals surface area (Å²) in [6.45, 7) is 6.83. The second kappa shape index (κ2) is 10.0. The first-order valence-corrected chi connectivity index (χ1v) is 12.3. The van der Waals surface area contributed by atoms with Gasteiger partial charge in [0, 0.05) is 35.3 Å². The Morgan fingerprint density at radius 1 is 1.25 bits per heavy atom. The average Bonchev–Trinajstić information content (AvgIpc) is 2.83. The summed E-state index contributed by atoms with van der Waals surface area (Å²) < 4.78 is 39.2. The standard InChI is InChI=1S/C29H31F3N2O2/c1-3-16-34(2)17-15-28(23-5-4-6-26(35)18-23)19-25(13-12-24(28)20-34)33-27(36)14-9-21-7-10-22(11-8-21)29(30,31)32/h3-8,10-11,18,24-25H,1,12-13,15-17,19-20H2,2H3,(H-,33,35,36)/p+1/t24?,25-,28-,34-/m0/s1. The zero-order valence-corrected chi connectivity index (χ0v) is 20.4. The summed E-state index contributed by atoms with van der Waals surface area (Å²) in [6.07, 6.45) is 1.03. The average molecular weight is 498 g/mol. The Kier molecular flexibility index (Phi) is 7.19. The summed E-state index contributed by atoms with van der Waals surface area (Å²) in [5.74, 6) is 5.41. The predicted octanol–water partition coefficient (Wildman–Crippen LogP) is 5.02. The number of piperidine rings is 1. The first-order chi connectivity index (χ1) is 17.0. The van der Waals surface area contributed by atoms with Crippen molar-refractivity contribution >= 4 is 5.91 Å². The van der Waals surface area contributed by atoms with Crippen LogP contribution in [-0.2, 0) is 16.4 Å². The lowest BCUT2D eigenvalue weighted by Gasteiger charge is -2.55. The van der Waals surface area contributed by atoms with Crippen molar-refractivity contribution in [3.63, 3.8) is 0 Å². The van der Waals surface area contributed by atoms with Crippen LogP contribution in [0.15, 0.2) is 61.2 Å². The van der Waals surface area contributed by atoms with Crippen LogP contribution in [0.2, 0.25) is 0 Å². The molecule has 0 spiro atoms. The van der Waals surface area contributed by atoms with E-state index in [4.69, 9.17) is 0 Å². The zero-order chi connectivity index (χ0) is 26.0. The summed E-state index contributed by atoms with van der Waals surface area (Å²) in [7, 11) is 2.26. The molecule has 2 fully saturated rings. The van der Waals surface area contributed by atoms with Gasteiger partial charge in [-0.05, 0) is 67.3 Å². The SMILES string of the molecule is C=CC[N@@+]1(C)CC[C@@]2(c3cccc(O)c3)C[C@@H](NC(=O)C#Cc3ccc(C(F)(F)F)cc3)CCC2C1. The maximum absolute atomic E-state index is 12.7. The van der Waals surface area contributed by atoms with Gasteiger partial charge in [-0.2, -0.15) is 13.2 Å². The third-order valence-electron chi connectivity index (χ3n) is 7.87. The number of aromatic hydroxyl groups is 1. The summed E-state index contributed by atoms with van der Waals surface area (Å²) in [5, 5.41) is 13.2. The third kappa shape index (κ3) is 5.60. The van der Waals surface area contributed by atoms with E-state index in [1.54, 1.807) is 6.07 Å². The van der Waals surface area contributed by atoms with Crippen LogP contribution >= 0.6 is 0 Å². The molecule has 190 valence electrons. The van der Waals surface area contributed by atoms with Crippen LogP contribution in [0, 0.1) is 17.8 Å². The molecule has 2 aliphatic rings. The zero-order valence-electron chi connectivity index (χ0n) is 20.4. The first kappa shape index (κ1) is 25.8. The number of likely N-dealkylation sites (tertiary alicyclic amines) is 1. The van der Waals surface area contributed by atoms with Crippen molar-refractivity contribution in [1.29, 1.82) is 0 Å². The van der Waals surface area contributed by atoms with Gasteiger partial charge >= 0.3 is 6.18 Å². The molecule has 1 aliphatic heterocycles. The van der Waals surface area contributed by atoms with E-state index in [1.165, 1.54) is 12.1 Å². The number of hydrogen-bond donors (Lipinski definition) is 2. The number of phenols is 1. The van der Waals surface area contributed by atoms with Crippen molar-refractivity contribution in [1.82, 2.24) is 5.32 Å². The Labute approximate surface area is 210 Å². The highest BCUT2D eigenvalue weighted by Gasteiger charge is 2.52. The molecular formula is C29H32F3N2O2+. The van der Waals surface area contributed by atoms with Gasteiger partial charge in [0.15, 0.2) is 0 Å². The third-order valence-corrected chi connectivity index (χ3v) is 7.87. The minimum atomic E-state index is -4.41. The molecular weight excluding hydrogens is 465 g/mol. The Morgan fingerprint density at radius 2 is 2.00 bits per heavy atom. The van der Waals surface area contributed by atoms with Crippen molar-refractivity contribution in [3.05, 3.63) is 77.9 Å². The number of nitrogens with one attached hydrogen (secondary N) is 1. The van der Waals surface area contributed by atoms with E-state index >= 15 is 0 Å². The van der Waals surface area contributed by atoms with Crippen LogP contribution in [0.25, 0.3) is 0 Å². The fourth-order valence-electron chi connectivity index (χ4n) is 6.06. The minimum absolute atomic E-state index is 0.0748. The van der Waals surface area contributed by atoms with Gasteiger partial charge in [-0.1, -0.05) is 24.6 Å². The molecule has 1 saturated heterocycles. The van der Waals surface area contributed by atoms with Crippen molar-refractivity contribution in [2.24, 2.45) is 5.92 Å². The lowest BCUT2D eigenvalue weighted by Crippen LogP contribution is -2.62. The summed E-state index contributed by atoms with van der Waals surface area (Å²) in [4.78, 5) is 12.6. The van der Waals surface area contributed by atoms with Gasteiger partial charge in [-0.15, -0.1) is 0 Å². The second-order valence-corrected chi connectivity index (χ2v) is 10.4. The number of nitrogens with zero attached hydrogens (tertiary/aromatic N) is 1. The molecule has 1 unspecified atom stereocenters. The molecule has 4 atom stereocenters. The molecule has 7 heteroatoms. The fourth-order valence-corrected chi connectivity index (χ4v) is 6.06. The number of amides is 1. The molecule has 0 radical (unpaired) electrons. The van der Waals surface area contributed by atoms with Crippen LogP contribution in [0.5, 0.6) is 5.75 Å². The van der Waals surface area contributed by atoms with Crippen LogP contribution in [0.4, 0.5) is 13.2 Å². The normalized spacial score (nSPS) is 27.8. The van der Waals surface area contributed by atoms with E-state index in [0.29, 0.717) is 11.5 Å². The van der Waals surface area contributed by atoms with Crippen LogP contribution in [0.1, 0.15) is 42.4 Å². The van der Waals surface area contributed by atoms with Gasteiger partial charge in [0.2, 0.25) is 0 Å². The summed E-state index contributed by atoms with van der Waals surface area (Å²) >= 11 is 0. The quantitative estimate of drug-likeness (QED) is 0.354. The lowest BCUT2D eigenvalue weighted by atomic mass is 9.57. The van der Waals surface area contributed by atoms with Crippen molar-refractivity contribution in [2.45, 2.75) is 43.3 Å². The number of halogens is 3. The molecule has 1 amide bonds. The first-order valence-electron chi connectivity index (χ1n) is 12.3. The van der Waals surface area contributed by atoms with E-state index in [1.807, 2.05) is 18.2 Å². The van der Waals surface area contributed by atoms with Gasteiger partial charge in [0.05, 0.1) is 32.2 Å². The van der Waals surface area contributed by atoms with E-state index in [9.17, 15) is 23.1 Å². The predicted molar refractivity (Wildman–Crippen MR) is 133 cm³/mol. The second-order valence-electron chi connectivity index (χ2n) is 10.4. The smallest absolute Gasteiger partial charge is 0.416 e. The molecule has 0 aromatic heterocycles. The largest absolute Gasteiger partial charge is 0.508 e. The number of phenolic OH excluding ortho intramolecular Hbond substituents is 1. The molecule has 1 aliphatic carbocycles. The molecule has 1 heterocycles. The molecule has 1 saturated carbocycles. The Morgan fingerprint density at radius 3 is 2.67 bits per heavy atom. The topological polar surface area (TPSA) is 49.3 Å². The number of carbonyl (C=O) groups is 1. The van der Waals surface area contributed by atoms with Crippen molar-refractivity contribution < 1.29 is 27.6 Å². The van der Waals surface area contributed by atoms with Crippen molar-refractivity contribution in [3.8, 4) is 17.6 Å². The van der Waals surface area contributed by atoms with Gasteiger partial charge < -0.3 is 14.9 Å². The monoisotopic (exact) mass is 497 g/mol. The summed E-state index contributed by atoms with van der Waals surface area (Å²) in [6, 6.07) is 11.9. The molecule has 4 nitrogen and oxygen atoms in total. The van der Waals surface area contributed by atoms with E-state index in [2.05, 4.69) is 36.9 Å². The Balaban J connectivity index is 1.50. The Hall–Kier alpha value is -3.24. The molecule has 0 bridgehead atoms. The van der Waals surface area contributed by atoms with E-state index in [0.717, 1.165) is 67.5 Å². The molecule has 36 heavy (non-hydrogen) atoms. The van der Waals surface area contributed by atoms with Crippen LogP contribution in [-0.4, -0.2) is 48.2 Å². The van der Waals surface area contributed by atoms with Gasteiger partial charge in [0.25, 0.3) is 5.91 Å². The number of benzene rings is 2. The lowest BCUT2D eigenvalue weighted by molar-refractivity contribution is -0.914. The molecule has 4 rings (SSSR count). The number of rotatable bonds is 4. The van der Waals surface area contributed by atoms with Crippen molar-refractivity contribution in [2.75, 3.05) is 26.7 Å². The van der Waals surface area contributed by atoms with E-state index in [-0.39, 0.29) is 17.2 Å². The van der Waals surface area contributed by atoms with Gasteiger partial charge in [0.1, 0.15) is 5.75 Å². The highest BCUT2D eigenvalue weighted by atomic mass is 19.4. The van der Waals surface area contributed by atoms with Gasteiger partial charge in [-0.3, -0.25) is 4.79 Å². The molecule has 2 aromatic rings. The number of likely N-dealkylation sites (N-methyl/N-ethyl adjacent to an activating group) is 1. The highest BCUT2D eigenvalue weighted by Crippen LogP contribution is 2.50. The van der Waals surface area contributed by atoms with Crippen LogP contribution in [0.3, 0.4) is 0 Å². The fraction of sp³-hybridized carbons (Fsp3) is 0.414. The highest BCUT2D eigenvalue weighted by molar-refractivity contribution is 5.94. The number of quaternary nitrogens is 1. The number of alkyl halides is 3. The number of fused-ring (bicyclic) bond motifs is 1. The maximum atomic E-state index is 12.7. The van der Waals surface area contributed by atoms with Crippen LogP contribution < -0.4 is 5.32 Å². The molecule has 2 N–H and O–H groups in total. The minimum Gasteiger partial charge on any atom is -0.508 e. The Bertz CT molecular complexity index is 1180. The maximum Gasteiger partial charge on any atom is 0.416 e. The summed E-state index contributed by atoms with van der Waals surface area (Å²) in [5.41, 5.74) is 0.549. The number of hydrogen-bond acceptors (Lipinski definition) is 2. The van der Waals surface area contributed by atoms with E-state index < -0.39 is 17.6 Å². The van der Waals surface area contributed by atoms with Gasteiger partial charge in [-0.25, -0.2) is 0 Å². The molecule has 2 aromatic carbocycles.